The minimum Gasteiger partial charge on any atom is -0.368 e. The van der Waals surface area contributed by atoms with Gasteiger partial charge in [0.15, 0.2) is 0 Å². The molecule has 0 spiro atoms. The van der Waals surface area contributed by atoms with Gasteiger partial charge in [-0.05, 0) is 39.2 Å². The first-order valence-electron chi connectivity index (χ1n) is 8.81. The van der Waals surface area contributed by atoms with Crippen LogP contribution >= 0.6 is 0 Å². The molecule has 2 saturated heterocycles. The van der Waals surface area contributed by atoms with Crippen LogP contribution in [0.4, 0.5) is 0 Å². The van der Waals surface area contributed by atoms with Crippen molar-refractivity contribution in [1.29, 1.82) is 0 Å². The number of nitrogens with zero attached hydrogens (tertiary/aromatic N) is 3. The van der Waals surface area contributed by atoms with E-state index in [0.29, 0.717) is 32.8 Å². The Morgan fingerprint density at radius 2 is 1.79 bits per heavy atom. The van der Waals surface area contributed by atoms with Crippen molar-refractivity contribution in [3.63, 3.8) is 0 Å². The monoisotopic (exact) mass is 333 g/mol. The summed E-state index contributed by atoms with van der Waals surface area (Å²) in [7, 11) is 1.98. The fourth-order valence-electron chi connectivity index (χ4n) is 3.56. The molecule has 1 unspecified atom stereocenters. The highest BCUT2D eigenvalue weighted by Gasteiger charge is 2.30. The number of ether oxygens (including phenoxy) is 1. The Kier molecular flexibility index (Phi) is 4.94. The lowest BCUT2D eigenvalue weighted by Crippen LogP contribution is -2.41. The number of hydrogen-bond donors (Lipinski definition) is 0. The minimum atomic E-state index is -0.272. The summed E-state index contributed by atoms with van der Waals surface area (Å²) in [5.41, 5.74) is 2.85. The van der Waals surface area contributed by atoms with Crippen LogP contribution < -0.4 is 0 Å². The van der Waals surface area contributed by atoms with Gasteiger partial charge in [0.1, 0.15) is 6.10 Å². The fourth-order valence-corrected chi connectivity index (χ4v) is 3.56. The molecule has 24 heavy (non-hydrogen) atoms. The van der Waals surface area contributed by atoms with Gasteiger partial charge in [0.2, 0.25) is 0 Å². The Labute approximate surface area is 143 Å². The molecule has 0 saturated carbocycles. The average Bonchev–Trinajstić information content (AvgIpc) is 3.11. The molecule has 2 aliphatic heterocycles. The molecule has 2 aliphatic rings. The summed E-state index contributed by atoms with van der Waals surface area (Å²) in [5.74, 6) is 0.163. The van der Waals surface area contributed by atoms with E-state index >= 15 is 0 Å². The molecule has 0 aromatic carbocycles. The predicted octanol–water partition coefficient (Wildman–Crippen LogP) is 1.50. The standard InChI is InChI=1S/C18H27N3O3/c1-13-12-15(14(2)19(13)3)17(22)20-7-5-8-21(10-9-20)18(23)16-6-4-11-24-16/h12,16H,4-11H2,1-3H3. The van der Waals surface area contributed by atoms with Crippen LogP contribution in [0.2, 0.25) is 0 Å². The third-order valence-corrected chi connectivity index (χ3v) is 5.31. The van der Waals surface area contributed by atoms with Crippen molar-refractivity contribution in [3.05, 3.63) is 23.0 Å². The van der Waals surface area contributed by atoms with Gasteiger partial charge in [0, 0.05) is 51.2 Å². The second-order valence-corrected chi connectivity index (χ2v) is 6.82. The first kappa shape index (κ1) is 17.0. The lowest BCUT2D eigenvalue weighted by atomic mass is 10.2. The van der Waals surface area contributed by atoms with E-state index < -0.39 is 0 Å². The minimum absolute atomic E-state index is 0.0719. The molecule has 0 aliphatic carbocycles. The van der Waals surface area contributed by atoms with Crippen LogP contribution in [0.15, 0.2) is 6.07 Å². The van der Waals surface area contributed by atoms with E-state index in [4.69, 9.17) is 4.74 Å². The smallest absolute Gasteiger partial charge is 0.255 e. The third kappa shape index (κ3) is 3.20. The average molecular weight is 333 g/mol. The normalized spacial score (nSPS) is 21.9. The highest BCUT2D eigenvalue weighted by atomic mass is 16.5. The molecular weight excluding hydrogens is 306 g/mol. The number of rotatable bonds is 2. The first-order chi connectivity index (χ1) is 11.5. The lowest BCUT2D eigenvalue weighted by Gasteiger charge is -2.24. The summed E-state index contributed by atoms with van der Waals surface area (Å²) in [6, 6.07) is 1.96. The Morgan fingerprint density at radius 1 is 1.08 bits per heavy atom. The predicted molar refractivity (Wildman–Crippen MR) is 91.0 cm³/mol. The van der Waals surface area contributed by atoms with E-state index in [1.165, 1.54) is 0 Å². The van der Waals surface area contributed by atoms with E-state index in [2.05, 4.69) is 0 Å². The molecule has 1 atom stereocenters. The molecule has 6 nitrogen and oxygen atoms in total. The van der Waals surface area contributed by atoms with Crippen LogP contribution in [0, 0.1) is 13.8 Å². The van der Waals surface area contributed by atoms with Crippen molar-refractivity contribution in [2.24, 2.45) is 7.05 Å². The molecule has 1 aromatic heterocycles. The van der Waals surface area contributed by atoms with Gasteiger partial charge in [0.05, 0.1) is 5.56 Å². The zero-order valence-corrected chi connectivity index (χ0v) is 14.9. The molecule has 3 rings (SSSR count). The highest BCUT2D eigenvalue weighted by Crippen LogP contribution is 2.19. The molecule has 2 amide bonds. The molecule has 0 bridgehead atoms. The van der Waals surface area contributed by atoms with Gasteiger partial charge in [0.25, 0.3) is 11.8 Å². The Bertz CT molecular complexity index is 632. The van der Waals surface area contributed by atoms with Crippen LogP contribution in [0.3, 0.4) is 0 Å². The topological polar surface area (TPSA) is 54.8 Å². The molecule has 1 aromatic rings. The van der Waals surface area contributed by atoms with Gasteiger partial charge < -0.3 is 19.1 Å². The van der Waals surface area contributed by atoms with Gasteiger partial charge in [-0.2, -0.15) is 0 Å². The lowest BCUT2D eigenvalue weighted by molar-refractivity contribution is -0.140. The van der Waals surface area contributed by atoms with E-state index in [-0.39, 0.29) is 17.9 Å². The Balaban J connectivity index is 1.65. The molecule has 2 fully saturated rings. The zero-order valence-electron chi connectivity index (χ0n) is 14.9. The highest BCUT2D eigenvalue weighted by molar-refractivity contribution is 5.95. The van der Waals surface area contributed by atoms with Crippen molar-refractivity contribution < 1.29 is 14.3 Å². The maximum Gasteiger partial charge on any atom is 0.255 e. The third-order valence-electron chi connectivity index (χ3n) is 5.31. The molecule has 132 valence electrons. The molecule has 0 radical (unpaired) electrons. The van der Waals surface area contributed by atoms with Gasteiger partial charge in [-0.15, -0.1) is 0 Å². The summed E-state index contributed by atoms with van der Waals surface area (Å²) in [6.45, 7) is 7.25. The number of aromatic nitrogens is 1. The Hall–Kier alpha value is -1.82. The van der Waals surface area contributed by atoms with Gasteiger partial charge >= 0.3 is 0 Å². The first-order valence-corrected chi connectivity index (χ1v) is 8.81. The van der Waals surface area contributed by atoms with Gasteiger partial charge in [-0.3, -0.25) is 9.59 Å². The SMILES string of the molecule is Cc1cc(C(=O)N2CCCN(C(=O)C3CCCO3)CC2)c(C)n1C. The summed E-state index contributed by atoms with van der Waals surface area (Å²) in [5, 5.41) is 0. The quantitative estimate of drug-likeness (QED) is 0.824. The number of amides is 2. The van der Waals surface area contributed by atoms with Crippen LogP contribution in [0.5, 0.6) is 0 Å². The van der Waals surface area contributed by atoms with Crippen molar-refractivity contribution in [2.45, 2.75) is 39.2 Å². The number of aryl methyl sites for hydroxylation is 1. The van der Waals surface area contributed by atoms with E-state index in [1.807, 2.05) is 41.3 Å². The van der Waals surface area contributed by atoms with Gasteiger partial charge in [-0.1, -0.05) is 0 Å². The maximum absolute atomic E-state index is 12.9. The van der Waals surface area contributed by atoms with Crippen LogP contribution in [0.25, 0.3) is 0 Å². The Morgan fingerprint density at radius 3 is 2.42 bits per heavy atom. The maximum atomic E-state index is 12.9. The second kappa shape index (κ2) is 6.97. The fraction of sp³-hybridized carbons (Fsp3) is 0.667. The largest absolute Gasteiger partial charge is 0.368 e. The van der Waals surface area contributed by atoms with E-state index in [0.717, 1.165) is 36.2 Å². The van der Waals surface area contributed by atoms with Crippen LogP contribution in [-0.4, -0.2) is 65.1 Å². The molecule has 0 N–H and O–H groups in total. The molecule has 6 heteroatoms. The van der Waals surface area contributed by atoms with Crippen molar-refractivity contribution >= 4 is 11.8 Å². The number of carbonyl (C=O) groups excluding carboxylic acids is 2. The summed E-state index contributed by atoms with van der Waals surface area (Å²) in [6.07, 6.45) is 2.32. The van der Waals surface area contributed by atoms with Crippen molar-refractivity contribution in [3.8, 4) is 0 Å². The summed E-state index contributed by atoms with van der Waals surface area (Å²) < 4.78 is 7.55. The van der Waals surface area contributed by atoms with E-state index in [1.54, 1.807) is 0 Å². The number of carbonyl (C=O) groups is 2. The summed E-state index contributed by atoms with van der Waals surface area (Å²) in [4.78, 5) is 29.1. The zero-order chi connectivity index (χ0) is 17.3. The summed E-state index contributed by atoms with van der Waals surface area (Å²) >= 11 is 0. The number of hydrogen-bond acceptors (Lipinski definition) is 3. The van der Waals surface area contributed by atoms with Crippen molar-refractivity contribution in [1.82, 2.24) is 14.4 Å². The van der Waals surface area contributed by atoms with Crippen LogP contribution in [0.1, 0.15) is 41.0 Å². The second-order valence-electron chi connectivity index (χ2n) is 6.82. The van der Waals surface area contributed by atoms with Gasteiger partial charge in [-0.25, -0.2) is 0 Å². The van der Waals surface area contributed by atoms with Crippen molar-refractivity contribution in [2.75, 3.05) is 32.8 Å². The van der Waals surface area contributed by atoms with Crippen LogP contribution in [-0.2, 0) is 16.6 Å². The molecule has 3 heterocycles. The van der Waals surface area contributed by atoms with E-state index in [9.17, 15) is 9.59 Å². The molecular formula is C18H27N3O3.